The molecule has 1 aliphatic rings. The highest BCUT2D eigenvalue weighted by Gasteiger charge is 2.48. The van der Waals surface area contributed by atoms with Gasteiger partial charge in [-0.1, -0.05) is 29.8 Å². The molecule has 0 spiro atoms. The molecule has 9 heteroatoms. The number of imidazole rings is 1. The maximum atomic E-state index is 14.3. The van der Waals surface area contributed by atoms with Gasteiger partial charge in [-0.25, -0.2) is 24.1 Å². The third-order valence-corrected chi connectivity index (χ3v) is 5.05. The van der Waals surface area contributed by atoms with E-state index in [1.165, 1.54) is 17.2 Å². The maximum absolute atomic E-state index is 14.3. The van der Waals surface area contributed by atoms with Crippen LogP contribution in [0.5, 0.6) is 0 Å². The molecule has 2 atom stereocenters. The van der Waals surface area contributed by atoms with Crippen LogP contribution in [0, 0.1) is 5.92 Å². The van der Waals surface area contributed by atoms with Crippen LogP contribution in [-0.2, 0) is 15.2 Å². The molecule has 1 aromatic carbocycles. The lowest BCUT2D eigenvalue weighted by Crippen LogP contribution is -2.43. The van der Waals surface area contributed by atoms with Crippen molar-refractivity contribution in [2.75, 3.05) is 19.9 Å². The van der Waals surface area contributed by atoms with Crippen LogP contribution in [0.25, 0.3) is 11.2 Å². The highest BCUT2D eigenvalue weighted by molar-refractivity contribution is 6.33. The molecule has 4 rings (SSSR count). The number of rotatable bonds is 5. The van der Waals surface area contributed by atoms with Crippen LogP contribution >= 0.6 is 11.6 Å². The first-order valence-corrected chi connectivity index (χ1v) is 8.79. The minimum Gasteiger partial charge on any atom is -0.462 e. The van der Waals surface area contributed by atoms with Gasteiger partial charge in [-0.3, -0.25) is 4.57 Å². The van der Waals surface area contributed by atoms with Crippen molar-refractivity contribution in [2.24, 2.45) is 5.92 Å². The van der Waals surface area contributed by atoms with E-state index in [0.717, 1.165) is 0 Å². The van der Waals surface area contributed by atoms with Gasteiger partial charge in [0.1, 0.15) is 18.5 Å². The molecule has 2 aromatic heterocycles. The van der Waals surface area contributed by atoms with E-state index in [9.17, 15) is 9.18 Å². The summed E-state index contributed by atoms with van der Waals surface area (Å²) in [6, 6.07) is 8.65. The minimum atomic E-state index is -1.36. The lowest BCUT2D eigenvalue weighted by atomic mass is 9.96. The van der Waals surface area contributed by atoms with E-state index in [1.54, 1.807) is 24.3 Å². The third kappa shape index (κ3) is 3.04. The van der Waals surface area contributed by atoms with Crippen LogP contribution in [0.3, 0.4) is 0 Å². The Balaban J connectivity index is 1.61. The summed E-state index contributed by atoms with van der Waals surface area (Å²) >= 11 is 6.04. The van der Waals surface area contributed by atoms with Gasteiger partial charge in [0.25, 0.3) is 0 Å². The molecule has 140 valence electrons. The fourth-order valence-corrected chi connectivity index (χ4v) is 3.51. The van der Waals surface area contributed by atoms with Gasteiger partial charge in [-0.05, 0) is 18.6 Å². The first kappa shape index (κ1) is 17.8. The smallest absolute Gasteiger partial charge is 0.338 e. The molecule has 1 fully saturated rings. The van der Waals surface area contributed by atoms with Crippen molar-refractivity contribution in [2.45, 2.75) is 12.1 Å². The number of benzene rings is 1. The van der Waals surface area contributed by atoms with Crippen molar-refractivity contribution in [3.05, 3.63) is 53.7 Å². The van der Waals surface area contributed by atoms with Crippen molar-refractivity contribution in [1.82, 2.24) is 19.5 Å². The lowest BCUT2D eigenvalue weighted by Gasteiger charge is -2.32. The number of hydrogen-bond acceptors (Lipinski definition) is 6. The molecule has 0 amide bonds. The van der Waals surface area contributed by atoms with Gasteiger partial charge in [0.15, 0.2) is 16.5 Å². The fraction of sp³-hybridized carbons (Fsp3) is 0.333. The quantitative estimate of drug-likeness (QED) is 0.492. The number of halogens is 2. The number of alkyl halides is 1. The van der Waals surface area contributed by atoms with Crippen molar-refractivity contribution >= 4 is 28.7 Å². The highest BCUT2D eigenvalue weighted by atomic mass is 35.5. The number of ether oxygens (including phenoxy) is 2. The molecule has 1 aliphatic heterocycles. The van der Waals surface area contributed by atoms with E-state index in [0.29, 0.717) is 29.8 Å². The van der Waals surface area contributed by atoms with E-state index in [2.05, 4.69) is 15.0 Å². The molecule has 0 N–H and O–H groups in total. The predicted octanol–water partition coefficient (Wildman–Crippen LogP) is 3.00. The summed E-state index contributed by atoms with van der Waals surface area (Å²) < 4.78 is 27.0. The van der Waals surface area contributed by atoms with Gasteiger partial charge in [-0.2, -0.15) is 0 Å². The second-order valence-corrected chi connectivity index (χ2v) is 6.59. The Bertz CT molecular complexity index is 968. The van der Waals surface area contributed by atoms with Crippen LogP contribution in [0.1, 0.15) is 16.8 Å². The molecule has 1 saturated heterocycles. The van der Waals surface area contributed by atoms with Crippen molar-refractivity contribution in [3.63, 3.8) is 0 Å². The first-order valence-electron chi connectivity index (χ1n) is 8.42. The summed E-state index contributed by atoms with van der Waals surface area (Å²) in [5, 5.41) is 0.179. The van der Waals surface area contributed by atoms with E-state index in [4.69, 9.17) is 21.1 Å². The summed E-state index contributed by atoms with van der Waals surface area (Å²) in [6.07, 6.45) is 3.25. The van der Waals surface area contributed by atoms with Gasteiger partial charge in [0.2, 0.25) is 0 Å². The molecular weight excluding hydrogens is 375 g/mol. The SMILES string of the molecule is O=C(OCC1CCOC1(CF)n1cnc2c(Cl)ncnc21)c1ccccc1. The second kappa shape index (κ2) is 7.21. The van der Waals surface area contributed by atoms with E-state index in [1.807, 2.05) is 6.07 Å². The van der Waals surface area contributed by atoms with Gasteiger partial charge in [0.05, 0.1) is 25.1 Å². The van der Waals surface area contributed by atoms with Crippen LogP contribution in [0.15, 0.2) is 43.0 Å². The Morgan fingerprint density at radius 3 is 2.93 bits per heavy atom. The molecule has 0 radical (unpaired) electrons. The van der Waals surface area contributed by atoms with Crippen LogP contribution < -0.4 is 0 Å². The van der Waals surface area contributed by atoms with Crippen molar-refractivity contribution in [1.29, 1.82) is 0 Å². The highest BCUT2D eigenvalue weighted by Crippen LogP contribution is 2.39. The average Bonchev–Trinajstić information content (AvgIpc) is 3.32. The number of carbonyl (C=O) groups excluding carboxylic acids is 1. The van der Waals surface area contributed by atoms with Crippen LogP contribution in [0.2, 0.25) is 5.15 Å². The summed E-state index contributed by atoms with van der Waals surface area (Å²) in [6.45, 7) is -0.486. The van der Waals surface area contributed by atoms with Gasteiger partial charge in [-0.15, -0.1) is 0 Å². The largest absolute Gasteiger partial charge is 0.462 e. The molecule has 27 heavy (non-hydrogen) atoms. The second-order valence-electron chi connectivity index (χ2n) is 6.23. The molecular formula is C18H16ClFN4O3. The first-order chi connectivity index (χ1) is 13.2. The average molecular weight is 391 g/mol. The van der Waals surface area contributed by atoms with Gasteiger partial charge < -0.3 is 9.47 Å². The normalized spacial score (nSPS) is 22.2. The minimum absolute atomic E-state index is 0.0101. The molecule has 3 aromatic rings. The zero-order chi connectivity index (χ0) is 18.9. The zero-order valence-corrected chi connectivity index (χ0v) is 15.0. The predicted molar refractivity (Wildman–Crippen MR) is 95.1 cm³/mol. The Hall–Kier alpha value is -2.58. The third-order valence-electron chi connectivity index (χ3n) is 4.77. The number of esters is 1. The van der Waals surface area contributed by atoms with E-state index >= 15 is 0 Å². The van der Waals surface area contributed by atoms with E-state index < -0.39 is 24.3 Å². The van der Waals surface area contributed by atoms with Crippen LogP contribution in [-0.4, -0.2) is 45.4 Å². The number of carbonyl (C=O) groups is 1. The van der Waals surface area contributed by atoms with Gasteiger partial charge in [0, 0.05) is 5.92 Å². The van der Waals surface area contributed by atoms with Crippen molar-refractivity contribution in [3.8, 4) is 0 Å². The summed E-state index contributed by atoms with van der Waals surface area (Å²) in [7, 11) is 0. The standard InChI is InChI=1S/C18H16ClFN4O3/c19-15-14-16(22-10-21-15)24(11-23-14)18(9-20)13(6-7-27-18)8-26-17(25)12-4-2-1-3-5-12/h1-5,10-11,13H,6-9H2. The molecule has 0 saturated carbocycles. The lowest BCUT2D eigenvalue weighted by molar-refractivity contribution is -0.113. The monoisotopic (exact) mass is 390 g/mol. The number of fused-ring (bicyclic) bond motifs is 1. The Labute approximate surface area is 159 Å². The van der Waals surface area contributed by atoms with Crippen LogP contribution in [0.4, 0.5) is 4.39 Å². The van der Waals surface area contributed by atoms with Gasteiger partial charge >= 0.3 is 5.97 Å². The number of hydrogen-bond donors (Lipinski definition) is 0. The fourth-order valence-electron chi connectivity index (χ4n) is 3.33. The summed E-state index contributed by atoms with van der Waals surface area (Å²) in [5.41, 5.74) is -0.185. The van der Waals surface area contributed by atoms with Crippen molar-refractivity contribution < 1.29 is 18.7 Å². The topological polar surface area (TPSA) is 79.1 Å². The summed E-state index contributed by atoms with van der Waals surface area (Å²) in [4.78, 5) is 24.5. The van der Waals surface area contributed by atoms with E-state index in [-0.39, 0.29) is 11.8 Å². The summed E-state index contributed by atoms with van der Waals surface area (Å²) in [5.74, 6) is -0.864. The molecule has 0 bridgehead atoms. The maximum Gasteiger partial charge on any atom is 0.338 e. The molecule has 2 unspecified atom stereocenters. The molecule has 0 aliphatic carbocycles. The Morgan fingerprint density at radius 2 is 2.15 bits per heavy atom. The number of nitrogens with zero attached hydrogens (tertiary/aromatic N) is 4. The Morgan fingerprint density at radius 1 is 1.33 bits per heavy atom. The molecule has 3 heterocycles. The molecule has 7 nitrogen and oxygen atoms in total. The Kier molecular flexibility index (Phi) is 4.75. The zero-order valence-electron chi connectivity index (χ0n) is 14.2. The number of aromatic nitrogens is 4.